The molecule has 2 N–H and O–H groups in total. The maximum atomic E-state index is 12.0. The van der Waals surface area contributed by atoms with Gasteiger partial charge in [0.1, 0.15) is 0 Å². The molecule has 0 unspecified atom stereocenters. The number of carbonyl (C=O) groups is 1. The molecule has 0 bridgehead atoms. The number of hydrogen-bond donors (Lipinski definition) is 2. The third-order valence-corrected chi connectivity index (χ3v) is 4.03. The van der Waals surface area contributed by atoms with Crippen molar-refractivity contribution in [1.29, 1.82) is 0 Å². The topological polar surface area (TPSA) is 114 Å². The number of rotatable bonds is 6. The fourth-order valence-electron chi connectivity index (χ4n) is 2.06. The van der Waals surface area contributed by atoms with Crippen molar-refractivity contribution in [2.75, 3.05) is 11.1 Å². The molecule has 2 aromatic carbocycles. The maximum Gasteiger partial charge on any atom is 0.271 e. The van der Waals surface area contributed by atoms with E-state index in [1.165, 1.54) is 30.0 Å². The fraction of sp³-hybridized carbons (Fsp3) is 0.0625. The number of carbonyl (C=O) groups excluding carboxylic acids is 1. The van der Waals surface area contributed by atoms with Crippen LogP contribution in [0.25, 0.3) is 11.4 Å². The minimum Gasteiger partial charge on any atom is -0.325 e. The molecule has 25 heavy (non-hydrogen) atoms. The summed E-state index contributed by atoms with van der Waals surface area (Å²) >= 11 is 1.17. The smallest absolute Gasteiger partial charge is 0.271 e. The maximum absolute atomic E-state index is 12.0. The van der Waals surface area contributed by atoms with Gasteiger partial charge >= 0.3 is 0 Å². The molecular formula is C16H13N5O3S. The molecule has 1 aromatic heterocycles. The second-order valence-electron chi connectivity index (χ2n) is 4.98. The zero-order valence-electron chi connectivity index (χ0n) is 12.9. The van der Waals surface area contributed by atoms with Gasteiger partial charge in [0, 0.05) is 23.4 Å². The predicted octanol–water partition coefficient (Wildman–Crippen LogP) is 3.11. The molecule has 3 aromatic rings. The van der Waals surface area contributed by atoms with Crippen LogP contribution in [0.3, 0.4) is 0 Å². The van der Waals surface area contributed by atoms with Crippen molar-refractivity contribution < 1.29 is 9.72 Å². The SMILES string of the molecule is O=C(CSc1n[nH]c(-c2ccccc2)n1)Nc1cccc([N+](=O)[O-])c1. The number of H-pyrrole nitrogens is 1. The molecule has 0 radical (unpaired) electrons. The average molecular weight is 355 g/mol. The lowest BCUT2D eigenvalue weighted by Crippen LogP contribution is -2.14. The van der Waals surface area contributed by atoms with Crippen LogP contribution in [-0.2, 0) is 4.79 Å². The molecule has 1 amide bonds. The van der Waals surface area contributed by atoms with Crippen molar-refractivity contribution in [2.24, 2.45) is 0 Å². The van der Waals surface area contributed by atoms with Gasteiger partial charge in [-0.2, -0.15) is 0 Å². The molecule has 0 fully saturated rings. The van der Waals surface area contributed by atoms with E-state index in [1.54, 1.807) is 6.07 Å². The lowest BCUT2D eigenvalue weighted by molar-refractivity contribution is -0.384. The van der Waals surface area contributed by atoms with Crippen molar-refractivity contribution >= 4 is 29.0 Å². The van der Waals surface area contributed by atoms with Crippen LogP contribution in [0.2, 0.25) is 0 Å². The third kappa shape index (κ3) is 4.42. The van der Waals surface area contributed by atoms with E-state index in [2.05, 4.69) is 20.5 Å². The Morgan fingerprint density at radius 1 is 1.20 bits per heavy atom. The van der Waals surface area contributed by atoms with Crippen molar-refractivity contribution in [3.63, 3.8) is 0 Å². The second kappa shape index (κ2) is 7.58. The predicted molar refractivity (Wildman–Crippen MR) is 94.3 cm³/mol. The normalized spacial score (nSPS) is 10.4. The number of nitro groups is 1. The van der Waals surface area contributed by atoms with Crippen molar-refractivity contribution in [3.05, 3.63) is 64.7 Å². The Morgan fingerprint density at radius 2 is 2.00 bits per heavy atom. The molecule has 0 aliphatic carbocycles. The lowest BCUT2D eigenvalue weighted by Gasteiger charge is -2.03. The van der Waals surface area contributed by atoms with Crippen LogP contribution in [0.4, 0.5) is 11.4 Å². The zero-order valence-corrected chi connectivity index (χ0v) is 13.7. The Morgan fingerprint density at radius 3 is 2.76 bits per heavy atom. The summed E-state index contributed by atoms with van der Waals surface area (Å²) in [4.78, 5) is 26.5. The molecule has 126 valence electrons. The molecule has 1 heterocycles. The highest BCUT2D eigenvalue weighted by atomic mass is 32.2. The first-order valence-electron chi connectivity index (χ1n) is 7.27. The first-order chi connectivity index (χ1) is 12.1. The number of hydrogen-bond acceptors (Lipinski definition) is 6. The Labute approximate surface area is 146 Å². The van der Waals surface area contributed by atoms with E-state index in [1.807, 2.05) is 30.3 Å². The van der Waals surface area contributed by atoms with E-state index >= 15 is 0 Å². The largest absolute Gasteiger partial charge is 0.325 e. The second-order valence-corrected chi connectivity index (χ2v) is 5.92. The van der Waals surface area contributed by atoms with Crippen LogP contribution in [0.5, 0.6) is 0 Å². The van der Waals surface area contributed by atoms with Crippen LogP contribution >= 0.6 is 11.8 Å². The van der Waals surface area contributed by atoms with Gasteiger partial charge in [0.05, 0.1) is 10.7 Å². The van der Waals surface area contributed by atoms with Gasteiger partial charge in [0.2, 0.25) is 11.1 Å². The molecule has 0 saturated carbocycles. The van der Waals surface area contributed by atoms with Crippen molar-refractivity contribution in [2.45, 2.75) is 5.16 Å². The third-order valence-electron chi connectivity index (χ3n) is 3.19. The Kier molecular flexibility index (Phi) is 5.05. The van der Waals surface area contributed by atoms with Gasteiger partial charge in [-0.15, -0.1) is 5.10 Å². The van der Waals surface area contributed by atoms with Crippen LogP contribution in [0.15, 0.2) is 59.8 Å². The molecule has 8 nitrogen and oxygen atoms in total. The Balaban J connectivity index is 1.57. The molecule has 0 aliphatic rings. The van der Waals surface area contributed by atoms with E-state index in [0.29, 0.717) is 16.7 Å². The molecule has 0 atom stereocenters. The molecule has 3 rings (SSSR count). The highest BCUT2D eigenvalue weighted by molar-refractivity contribution is 7.99. The number of amides is 1. The molecule has 0 spiro atoms. The van der Waals surface area contributed by atoms with Crippen molar-refractivity contribution in [1.82, 2.24) is 15.2 Å². The van der Waals surface area contributed by atoms with E-state index < -0.39 is 4.92 Å². The number of benzene rings is 2. The minimum atomic E-state index is -0.511. The molecule has 0 saturated heterocycles. The molecule has 9 heteroatoms. The summed E-state index contributed by atoms with van der Waals surface area (Å²) in [6.07, 6.45) is 0. The fourth-order valence-corrected chi connectivity index (χ4v) is 2.66. The summed E-state index contributed by atoms with van der Waals surface area (Å²) in [5.41, 5.74) is 1.20. The summed E-state index contributed by atoms with van der Waals surface area (Å²) in [6.45, 7) is 0. The summed E-state index contributed by atoms with van der Waals surface area (Å²) < 4.78 is 0. The van der Waals surface area contributed by atoms with E-state index in [4.69, 9.17) is 0 Å². The van der Waals surface area contributed by atoms with Crippen LogP contribution in [0.1, 0.15) is 0 Å². The zero-order chi connectivity index (χ0) is 17.6. The summed E-state index contributed by atoms with van der Waals surface area (Å²) in [6, 6.07) is 15.3. The monoisotopic (exact) mass is 355 g/mol. The lowest BCUT2D eigenvalue weighted by atomic mass is 10.2. The number of non-ortho nitro benzene ring substituents is 1. The van der Waals surface area contributed by atoms with Crippen molar-refractivity contribution in [3.8, 4) is 11.4 Å². The number of anilines is 1. The van der Waals surface area contributed by atoms with E-state index in [9.17, 15) is 14.9 Å². The number of aromatic nitrogens is 3. The van der Waals surface area contributed by atoms with E-state index in [-0.39, 0.29) is 17.3 Å². The van der Waals surface area contributed by atoms with Gasteiger partial charge in [0.25, 0.3) is 5.69 Å². The van der Waals surface area contributed by atoms with E-state index in [0.717, 1.165) is 5.56 Å². The number of aromatic amines is 1. The first-order valence-corrected chi connectivity index (χ1v) is 8.25. The van der Waals surface area contributed by atoms with Gasteiger partial charge in [-0.3, -0.25) is 20.0 Å². The highest BCUT2D eigenvalue weighted by Crippen LogP contribution is 2.20. The number of nitro benzene ring substituents is 1. The van der Waals surface area contributed by atoms with Gasteiger partial charge in [-0.05, 0) is 6.07 Å². The summed E-state index contributed by atoms with van der Waals surface area (Å²) in [5, 5.41) is 20.7. The molecule has 0 aliphatic heterocycles. The number of thioether (sulfide) groups is 1. The summed E-state index contributed by atoms with van der Waals surface area (Å²) in [7, 11) is 0. The van der Waals surface area contributed by atoms with Gasteiger partial charge in [0.15, 0.2) is 5.82 Å². The van der Waals surface area contributed by atoms with Crippen LogP contribution in [-0.4, -0.2) is 31.8 Å². The molecular weight excluding hydrogens is 342 g/mol. The Bertz CT molecular complexity index is 898. The number of nitrogens with one attached hydrogen (secondary N) is 2. The van der Waals surface area contributed by atoms with Crippen LogP contribution in [0, 0.1) is 10.1 Å². The average Bonchev–Trinajstić information content (AvgIpc) is 3.10. The quantitative estimate of drug-likeness (QED) is 0.399. The van der Waals surface area contributed by atoms with Gasteiger partial charge in [-0.1, -0.05) is 48.2 Å². The minimum absolute atomic E-state index is 0.0769. The Hall–Kier alpha value is -3.20. The first kappa shape index (κ1) is 16.7. The van der Waals surface area contributed by atoms with Crippen LogP contribution < -0.4 is 5.32 Å². The highest BCUT2D eigenvalue weighted by Gasteiger charge is 2.11. The summed E-state index contributed by atoms with van der Waals surface area (Å²) in [5.74, 6) is 0.424. The van der Waals surface area contributed by atoms with Gasteiger partial charge < -0.3 is 5.32 Å². The standard InChI is InChI=1S/C16H13N5O3S/c22-14(17-12-7-4-8-13(9-12)21(23)24)10-25-16-18-15(19-20-16)11-5-2-1-3-6-11/h1-9H,10H2,(H,17,22)(H,18,19,20). The number of nitrogens with zero attached hydrogens (tertiary/aromatic N) is 3. The van der Waals surface area contributed by atoms with Gasteiger partial charge in [-0.25, -0.2) is 4.98 Å².